The summed E-state index contributed by atoms with van der Waals surface area (Å²) in [5.74, 6) is 1.46. The minimum Gasteiger partial charge on any atom is -0.493 e. The van der Waals surface area contributed by atoms with Crippen LogP contribution in [0.2, 0.25) is 0 Å². The fourth-order valence-electron chi connectivity index (χ4n) is 4.95. The smallest absolute Gasteiger partial charge is 0.254 e. The van der Waals surface area contributed by atoms with Gasteiger partial charge >= 0.3 is 0 Å². The quantitative estimate of drug-likeness (QED) is 0.673. The number of nitrogens with one attached hydrogen (secondary N) is 1. The number of methoxy groups -OCH3 is 2. The lowest BCUT2D eigenvalue weighted by atomic mass is 9.81. The average Bonchev–Trinajstić information content (AvgIpc) is 2.76. The number of carbonyl (C=O) groups excluding carboxylic acids is 1. The number of ether oxygens (including phenoxy) is 2. The molecule has 32 heavy (non-hydrogen) atoms. The molecular formula is C26H28N2O4. The maximum absolute atomic E-state index is 13.4. The molecule has 166 valence electrons. The summed E-state index contributed by atoms with van der Waals surface area (Å²) < 4.78 is 11.1. The summed E-state index contributed by atoms with van der Waals surface area (Å²) in [7, 11) is 3.22. The van der Waals surface area contributed by atoms with Gasteiger partial charge in [-0.05, 0) is 73.0 Å². The van der Waals surface area contributed by atoms with Crippen LogP contribution in [0.1, 0.15) is 47.6 Å². The second-order valence-electron chi connectivity index (χ2n) is 8.86. The van der Waals surface area contributed by atoms with Crippen LogP contribution in [0.4, 0.5) is 0 Å². The van der Waals surface area contributed by atoms with E-state index in [1.807, 2.05) is 42.2 Å². The molecule has 0 spiro atoms. The van der Waals surface area contributed by atoms with Gasteiger partial charge in [0, 0.05) is 23.5 Å². The number of nitrogens with zero attached hydrogens (tertiary/aromatic N) is 1. The molecule has 0 radical (unpaired) electrons. The third kappa shape index (κ3) is 3.34. The molecule has 2 aliphatic rings. The normalized spacial score (nSPS) is 18.2. The van der Waals surface area contributed by atoms with Gasteiger partial charge in [-0.3, -0.25) is 9.59 Å². The van der Waals surface area contributed by atoms with E-state index in [4.69, 9.17) is 9.47 Å². The third-order valence-corrected chi connectivity index (χ3v) is 6.93. The van der Waals surface area contributed by atoms with Crippen molar-refractivity contribution in [1.29, 1.82) is 0 Å². The lowest BCUT2D eigenvalue weighted by Crippen LogP contribution is -2.46. The Bertz CT molecular complexity index is 1260. The van der Waals surface area contributed by atoms with Gasteiger partial charge in [0.15, 0.2) is 11.5 Å². The SMILES string of the molecule is COc1cc2c(cc1OC)[C@H](c1cc3cc(C)ccc3[nH]c1=O)N(C(=O)C1CCC1)CC2. The van der Waals surface area contributed by atoms with E-state index in [1.54, 1.807) is 14.2 Å². The van der Waals surface area contributed by atoms with E-state index >= 15 is 0 Å². The van der Waals surface area contributed by atoms with Gasteiger partial charge < -0.3 is 19.4 Å². The Labute approximate surface area is 187 Å². The lowest BCUT2D eigenvalue weighted by molar-refractivity contribution is -0.140. The standard InChI is InChI=1S/C26H28N2O4/c1-15-7-8-21-18(11-15)12-20(25(29)27-21)24-19-14-23(32-3)22(31-2)13-17(19)9-10-28(24)26(30)16-5-4-6-16/h7-8,11-14,16,24H,4-6,9-10H2,1-3H3,(H,27,29)/t24-/m1/s1. The van der Waals surface area contributed by atoms with Crippen molar-refractivity contribution in [3.8, 4) is 11.5 Å². The van der Waals surface area contributed by atoms with E-state index in [2.05, 4.69) is 11.1 Å². The maximum atomic E-state index is 13.4. The monoisotopic (exact) mass is 432 g/mol. The fraction of sp³-hybridized carbons (Fsp3) is 0.385. The predicted molar refractivity (Wildman–Crippen MR) is 123 cm³/mol. The summed E-state index contributed by atoms with van der Waals surface area (Å²) in [6.07, 6.45) is 3.66. The molecule has 1 saturated carbocycles. The van der Waals surface area contributed by atoms with Crippen molar-refractivity contribution in [2.45, 2.75) is 38.6 Å². The van der Waals surface area contributed by atoms with Crippen LogP contribution >= 0.6 is 0 Å². The number of H-pyrrole nitrogens is 1. The van der Waals surface area contributed by atoms with E-state index in [0.29, 0.717) is 23.6 Å². The second kappa shape index (κ2) is 8.01. The number of pyridine rings is 1. The molecule has 3 aromatic rings. The van der Waals surface area contributed by atoms with Gasteiger partial charge in [-0.25, -0.2) is 0 Å². The van der Waals surface area contributed by atoms with E-state index in [9.17, 15) is 9.59 Å². The Kier molecular flexibility index (Phi) is 5.16. The number of benzene rings is 2. The number of rotatable bonds is 4. The molecule has 6 heteroatoms. The summed E-state index contributed by atoms with van der Waals surface area (Å²) in [5.41, 5.74) is 4.34. The molecule has 0 bridgehead atoms. The predicted octanol–water partition coefficient (Wildman–Crippen LogP) is 4.13. The van der Waals surface area contributed by atoms with Crippen LogP contribution in [0.15, 0.2) is 41.2 Å². The lowest BCUT2D eigenvalue weighted by Gasteiger charge is -2.41. The van der Waals surface area contributed by atoms with Crippen LogP contribution < -0.4 is 15.0 Å². The van der Waals surface area contributed by atoms with Gasteiger partial charge in [0.1, 0.15) is 0 Å². The second-order valence-corrected chi connectivity index (χ2v) is 8.86. The highest BCUT2D eigenvalue weighted by Gasteiger charge is 2.39. The molecule has 1 aliphatic carbocycles. The van der Waals surface area contributed by atoms with Crippen molar-refractivity contribution >= 4 is 16.8 Å². The highest BCUT2D eigenvalue weighted by atomic mass is 16.5. The summed E-state index contributed by atoms with van der Waals surface area (Å²) in [4.78, 5) is 31.7. The molecule has 1 aromatic heterocycles. The average molecular weight is 433 g/mol. The van der Waals surface area contributed by atoms with Crippen LogP contribution in [0, 0.1) is 12.8 Å². The molecule has 0 saturated heterocycles. The van der Waals surface area contributed by atoms with Gasteiger partial charge in [0.2, 0.25) is 5.91 Å². The molecule has 0 unspecified atom stereocenters. The van der Waals surface area contributed by atoms with E-state index in [1.165, 1.54) is 0 Å². The molecule has 1 N–H and O–H groups in total. The third-order valence-electron chi connectivity index (χ3n) is 6.93. The molecule has 1 amide bonds. The zero-order chi connectivity index (χ0) is 22.4. The zero-order valence-corrected chi connectivity index (χ0v) is 18.7. The molecule has 1 aliphatic heterocycles. The fourth-order valence-corrected chi connectivity index (χ4v) is 4.95. The number of amides is 1. The Morgan fingerprint density at radius 2 is 1.78 bits per heavy atom. The van der Waals surface area contributed by atoms with Crippen LogP contribution in [0.3, 0.4) is 0 Å². The molecule has 2 heterocycles. The van der Waals surface area contributed by atoms with Crippen LogP contribution in [-0.4, -0.2) is 36.6 Å². The van der Waals surface area contributed by atoms with Gasteiger partial charge in [-0.15, -0.1) is 0 Å². The summed E-state index contributed by atoms with van der Waals surface area (Å²) >= 11 is 0. The van der Waals surface area contributed by atoms with E-state index < -0.39 is 6.04 Å². The largest absolute Gasteiger partial charge is 0.493 e. The summed E-state index contributed by atoms with van der Waals surface area (Å²) in [5, 5.41) is 0.961. The molecule has 2 aromatic carbocycles. The summed E-state index contributed by atoms with van der Waals surface area (Å²) in [6, 6.07) is 11.4. The molecule has 6 nitrogen and oxygen atoms in total. The van der Waals surface area contributed by atoms with Crippen LogP contribution in [0.5, 0.6) is 11.5 Å². The molecule has 1 atom stereocenters. The first-order valence-electron chi connectivity index (χ1n) is 11.2. The van der Waals surface area contributed by atoms with Crippen molar-refractivity contribution in [3.05, 3.63) is 69.0 Å². The van der Waals surface area contributed by atoms with Gasteiger partial charge in [0.25, 0.3) is 5.56 Å². The Balaban J connectivity index is 1.72. The van der Waals surface area contributed by atoms with E-state index in [-0.39, 0.29) is 17.4 Å². The van der Waals surface area contributed by atoms with Crippen molar-refractivity contribution in [2.75, 3.05) is 20.8 Å². The van der Waals surface area contributed by atoms with Crippen LogP contribution in [0.25, 0.3) is 10.9 Å². The van der Waals surface area contributed by atoms with Crippen molar-refractivity contribution in [3.63, 3.8) is 0 Å². The molecular weight excluding hydrogens is 404 g/mol. The first kappa shape index (κ1) is 20.6. The Hall–Kier alpha value is -3.28. The maximum Gasteiger partial charge on any atom is 0.254 e. The number of aromatic nitrogens is 1. The van der Waals surface area contributed by atoms with Gasteiger partial charge in [0.05, 0.1) is 20.3 Å². The van der Waals surface area contributed by atoms with Crippen molar-refractivity contribution in [2.24, 2.45) is 5.92 Å². The highest BCUT2D eigenvalue weighted by molar-refractivity contribution is 5.83. The molecule has 1 fully saturated rings. The van der Waals surface area contributed by atoms with Gasteiger partial charge in [-0.2, -0.15) is 0 Å². The van der Waals surface area contributed by atoms with Crippen LogP contribution in [-0.2, 0) is 11.2 Å². The summed E-state index contributed by atoms with van der Waals surface area (Å²) in [6.45, 7) is 2.61. The van der Waals surface area contributed by atoms with Crippen molar-refractivity contribution < 1.29 is 14.3 Å². The minimum absolute atomic E-state index is 0.0565. The zero-order valence-electron chi connectivity index (χ0n) is 18.7. The Morgan fingerprint density at radius 1 is 1.03 bits per heavy atom. The number of carbonyl (C=O) groups is 1. The minimum atomic E-state index is -0.458. The van der Waals surface area contributed by atoms with Gasteiger partial charge in [-0.1, -0.05) is 18.1 Å². The van der Waals surface area contributed by atoms with Crippen molar-refractivity contribution in [1.82, 2.24) is 9.88 Å². The number of hydrogen-bond donors (Lipinski definition) is 1. The number of aromatic amines is 1. The topological polar surface area (TPSA) is 71.6 Å². The first-order chi connectivity index (χ1) is 15.5. The number of hydrogen-bond acceptors (Lipinski definition) is 4. The Morgan fingerprint density at radius 3 is 2.47 bits per heavy atom. The highest BCUT2D eigenvalue weighted by Crippen LogP contribution is 2.42. The first-order valence-corrected chi connectivity index (χ1v) is 11.2. The van der Waals surface area contributed by atoms with E-state index in [0.717, 1.165) is 53.3 Å². The number of fused-ring (bicyclic) bond motifs is 2. The number of aryl methyl sites for hydroxylation is 1. The molecule has 5 rings (SSSR count).